The molecule has 0 atom stereocenters. The standard InChI is InChI=1S/C17H17N3O3/c1-2-5-19-17(21)13-7-14(10-18-9-13)20-8-12-3-4-15-16(6-12)23-11-22-15/h2-4,6-7,9-10,20H,1,5,8,11H2,(H,19,21). The summed E-state index contributed by atoms with van der Waals surface area (Å²) >= 11 is 0. The van der Waals surface area contributed by atoms with Crippen LogP contribution in [0.15, 0.2) is 49.3 Å². The van der Waals surface area contributed by atoms with E-state index in [2.05, 4.69) is 22.2 Å². The molecule has 6 nitrogen and oxygen atoms in total. The van der Waals surface area contributed by atoms with Gasteiger partial charge in [0.05, 0.1) is 11.3 Å². The van der Waals surface area contributed by atoms with E-state index in [0.29, 0.717) is 18.7 Å². The number of hydrogen-bond donors (Lipinski definition) is 2. The van der Waals surface area contributed by atoms with Gasteiger partial charge in [-0.3, -0.25) is 9.78 Å². The number of carbonyl (C=O) groups is 1. The summed E-state index contributed by atoms with van der Waals surface area (Å²) in [5, 5.41) is 5.97. The lowest BCUT2D eigenvalue weighted by Crippen LogP contribution is -2.23. The van der Waals surface area contributed by atoms with Crippen LogP contribution in [-0.4, -0.2) is 24.2 Å². The van der Waals surface area contributed by atoms with Crippen LogP contribution in [0.5, 0.6) is 11.5 Å². The summed E-state index contributed by atoms with van der Waals surface area (Å²) in [7, 11) is 0. The summed E-state index contributed by atoms with van der Waals surface area (Å²) in [4.78, 5) is 16.0. The van der Waals surface area contributed by atoms with Gasteiger partial charge in [0.1, 0.15) is 0 Å². The van der Waals surface area contributed by atoms with E-state index in [4.69, 9.17) is 9.47 Å². The van der Waals surface area contributed by atoms with Crippen molar-refractivity contribution in [1.82, 2.24) is 10.3 Å². The number of carbonyl (C=O) groups excluding carboxylic acids is 1. The largest absolute Gasteiger partial charge is 0.454 e. The minimum absolute atomic E-state index is 0.177. The van der Waals surface area contributed by atoms with Crippen molar-refractivity contribution in [2.24, 2.45) is 0 Å². The lowest BCUT2D eigenvalue weighted by atomic mass is 10.2. The van der Waals surface area contributed by atoms with E-state index in [0.717, 1.165) is 22.7 Å². The maximum atomic E-state index is 11.9. The quantitative estimate of drug-likeness (QED) is 0.801. The Morgan fingerprint density at radius 2 is 2.13 bits per heavy atom. The van der Waals surface area contributed by atoms with E-state index in [1.54, 1.807) is 18.3 Å². The summed E-state index contributed by atoms with van der Waals surface area (Å²) < 4.78 is 10.6. The van der Waals surface area contributed by atoms with Gasteiger partial charge < -0.3 is 20.1 Å². The first-order valence-electron chi connectivity index (χ1n) is 7.23. The van der Waals surface area contributed by atoms with Crippen LogP contribution in [-0.2, 0) is 6.54 Å². The third kappa shape index (κ3) is 3.60. The van der Waals surface area contributed by atoms with Crippen molar-refractivity contribution in [3.63, 3.8) is 0 Å². The third-order valence-corrected chi connectivity index (χ3v) is 3.34. The molecule has 1 aliphatic heterocycles. The summed E-state index contributed by atoms with van der Waals surface area (Å²) in [6.45, 7) is 4.85. The second kappa shape index (κ2) is 6.83. The van der Waals surface area contributed by atoms with Gasteiger partial charge in [-0.2, -0.15) is 0 Å². The number of fused-ring (bicyclic) bond motifs is 1. The number of anilines is 1. The monoisotopic (exact) mass is 311 g/mol. The lowest BCUT2D eigenvalue weighted by molar-refractivity contribution is 0.0957. The number of benzene rings is 1. The highest BCUT2D eigenvalue weighted by atomic mass is 16.7. The molecular weight excluding hydrogens is 294 g/mol. The molecule has 1 aromatic heterocycles. The zero-order valence-electron chi connectivity index (χ0n) is 12.5. The van der Waals surface area contributed by atoms with Gasteiger partial charge in [-0.25, -0.2) is 0 Å². The molecule has 0 spiro atoms. The molecule has 0 fully saturated rings. The van der Waals surface area contributed by atoms with Crippen molar-refractivity contribution in [1.29, 1.82) is 0 Å². The summed E-state index contributed by atoms with van der Waals surface area (Å²) in [5.74, 6) is 1.33. The number of pyridine rings is 1. The van der Waals surface area contributed by atoms with Gasteiger partial charge in [0.25, 0.3) is 5.91 Å². The van der Waals surface area contributed by atoms with Gasteiger partial charge in [-0.15, -0.1) is 6.58 Å². The van der Waals surface area contributed by atoms with Crippen LogP contribution >= 0.6 is 0 Å². The molecule has 118 valence electrons. The summed E-state index contributed by atoms with van der Waals surface area (Å²) in [6.07, 6.45) is 4.84. The van der Waals surface area contributed by atoms with E-state index in [9.17, 15) is 4.79 Å². The van der Waals surface area contributed by atoms with Gasteiger partial charge in [-0.1, -0.05) is 12.1 Å². The number of ether oxygens (including phenoxy) is 2. The Kier molecular flexibility index (Phi) is 4.42. The highest BCUT2D eigenvalue weighted by Crippen LogP contribution is 2.32. The Bertz CT molecular complexity index is 731. The fraction of sp³-hybridized carbons (Fsp3) is 0.176. The lowest BCUT2D eigenvalue weighted by Gasteiger charge is -2.08. The second-order valence-corrected chi connectivity index (χ2v) is 5.00. The maximum absolute atomic E-state index is 11.9. The van der Waals surface area contributed by atoms with E-state index < -0.39 is 0 Å². The van der Waals surface area contributed by atoms with Crippen molar-refractivity contribution in [2.45, 2.75) is 6.54 Å². The molecule has 1 aliphatic rings. The predicted molar refractivity (Wildman–Crippen MR) is 86.7 cm³/mol. The number of rotatable bonds is 6. The normalized spacial score (nSPS) is 11.8. The zero-order chi connectivity index (χ0) is 16.1. The van der Waals surface area contributed by atoms with Gasteiger partial charge in [0.15, 0.2) is 11.5 Å². The van der Waals surface area contributed by atoms with Gasteiger partial charge in [-0.05, 0) is 23.8 Å². The molecule has 3 rings (SSSR count). The highest BCUT2D eigenvalue weighted by molar-refractivity contribution is 5.94. The number of hydrogen-bond acceptors (Lipinski definition) is 5. The minimum atomic E-state index is -0.177. The molecule has 6 heteroatoms. The predicted octanol–water partition coefficient (Wildman–Crippen LogP) is 2.34. The molecule has 0 aliphatic carbocycles. The molecule has 23 heavy (non-hydrogen) atoms. The smallest absolute Gasteiger partial charge is 0.253 e. The average molecular weight is 311 g/mol. The molecule has 1 aromatic carbocycles. The van der Waals surface area contributed by atoms with Crippen LogP contribution in [0.4, 0.5) is 5.69 Å². The highest BCUT2D eigenvalue weighted by Gasteiger charge is 2.13. The van der Waals surface area contributed by atoms with Crippen molar-refractivity contribution in [3.05, 3.63) is 60.4 Å². The number of aromatic nitrogens is 1. The van der Waals surface area contributed by atoms with Crippen LogP contribution in [0.2, 0.25) is 0 Å². The summed E-state index contributed by atoms with van der Waals surface area (Å²) in [5.41, 5.74) is 2.33. The van der Waals surface area contributed by atoms with Crippen LogP contribution in [0, 0.1) is 0 Å². The molecule has 0 radical (unpaired) electrons. The van der Waals surface area contributed by atoms with Crippen LogP contribution in [0.1, 0.15) is 15.9 Å². The van der Waals surface area contributed by atoms with Crippen molar-refractivity contribution in [2.75, 3.05) is 18.7 Å². The molecule has 1 amide bonds. The van der Waals surface area contributed by atoms with Crippen molar-refractivity contribution in [3.8, 4) is 11.5 Å². The first-order chi connectivity index (χ1) is 11.3. The van der Waals surface area contributed by atoms with Gasteiger partial charge >= 0.3 is 0 Å². The van der Waals surface area contributed by atoms with Crippen molar-refractivity contribution < 1.29 is 14.3 Å². The molecule has 0 saturated heterocycles. The van der Waals surface area contributed by atoms with E-state index in [-0.39, 0.29) is 12.7 Å². The SMILES string of the molecule is C=CCNC(=O)c1cncc(NCc2ccc3c(c2)OCO3)c1. The molecule has 2 aromatic rings. The maximum Gasteiger partial charge on any atom is 0.253 e. The fourth-order valence-corrected chi connectivity index (χ4v) is 2.18. The molecule has 2 heterocycles. The van der Waals surface area contributed by atoms with E-state index >= 15 is 0 Å². The van der Waals surface area contributed by atoms with Crippen molar-refractivity contribution >= 4 is 11.6 Å². The number of amides is 1. The zero-order valence-corrected chi connectivity index (χ0v) is 12.5. The molecule has 0 unspecified atom stereocenters. The van der Waals surface area contributed by atoms with E-state index in [1.165, 1.54) is 6.20 Å². The van der Waals surface area contributed by atoms with Crippen LogP contribution < -0.4 is 20.1 Å². The van der Waals surface area contributed by atoms with Crippen LogP contribution in [0.25, 0.3) is 0 Å². The van der Waals surface area contributed by atoms with Gasteiger partial charge in [0, 0.05) is 25.5 Å². The Hall–Kier alpha value is -3.02. The molecular formula is C17H17N3O3. The molecule has 2 N–H and O–H groups in total. The topological polar surface area (TPSA) is 72.5 Å². The van der Waals surface area contributed by atoms with Gasteiger partial charge in [0.2, 0.25) is 6.79 Å². The first-order valence-corrected chi connectivity index (χ1v) is 7.23. The second-order valence-electron chi connectivity index (χ2n) is 5.00. The van der Waals surface area contributed by atoms with Crippen LogP contribution in [0.3, 0.4) is 0 Å². The number of nitrogens with zero attached hydrogens (tertiary/aromatic N) is 1. The average Bonchev–Trinajstić information content (AvgIpc) is 3.06. The Balaban J connectivity index is 1.64. The summed E-state index contributed by atoms with van der Waals surface area (Å²) in [6, 6.07) is 7.55. The van der Waals surface area contributed by atoms with E-state index in [1.807, 2.05) is 18.2 Å². The molecule has 0 saturated carbocycles. The minimum Gasteiger partial charge on any atom is -0.454 e. The third-order valence-electron chi connectivity index (χ3n) is 3.34. The Morgan fingerprint density at radius 3 is 3.00 bits per heavy atom. The molecule has 0 bridgehead atoms. The Labute approximate surface area is 134 Å². The fourth-order valence-electron chi connectivity index (χ4n) is 2.18. The Morgan fingerprint density at radius 1 is 1.26 bits per heavy atom. The first kappa shape index (κ1) is 14.9. The number of nitrogens with one attached hydrogen (secondary N) is 2.